The van der Waals surface area contributed by atoms with Crippen LogP contribution in [0.15, 0.2) is 50.8 Å². The maximum atomic E-state index is 5.58. The van der Waals surface area contributed by atoms with Crippen molar-refractivity contribution in [1.29, 1.82) is 0 Å². The Kier molecular flexibility index (Phi) is 2.64. The first kappa shape index (κ1) is 9.41. The van der Waals surface area contributed by atoms with E-state index < -0.39 is 0 Å². The number of aryl methyl sites for hydroxylation is 2. The van der Waals surface area contributed by atoms with Crippen LogP contribution in [-0.4, -0.2) is 0 Å². The molecule has 0 saturated heterocycles. The summed E-state index contributed by atoms with van der Waals surface area (Å²) in [7, 11) is 0. The molecule has 1 aromatic carbocycles. The first-order chi connectivity index (χ1) is 6.75. The van der Waals surface area contributed by atoms with E-state index in [1.807, 2.05) is 25.1 Å². The summed E-state index contributed by atoms with van der Waals surface area (Å²) in [5.74, 6) is 0.973. The molecule has 1 aromatic heterocycles. The Labute approximate surface area is 88.1 Å². The molecule has 14 heavy (non-hydrogen) atoms. The van der Waals surface area contributed by atoms with Crippen molar-refractivity contribution in [3.63, 3.8) is 0 Å². The van der Waals surface area contributed by atoms with Gasteiger partial charge in [-0.2, -0.15) is 0 Å². The lowest BCUT2D eigenvalue weighted by molar-refractivity contribution is 0.445. The van der Waals surface area contributed by atoms with Gasteiger partial charge in [0.1, 0.15) is 5.76 Å². The zero-order valence-electron chi connectivity index (χ0n) is 8.28. The molecule has 1 nitrogen and oxygen atoms in total. The topological polar surface area (TPSA) is 13.1 Å². The molecule has 1 heterocycles. The van der Waals surface area contributed by atoms with Gasteiger partial charge in [0.2, 0.25) is 0 Å². The smallest absolute Gasteiger partial charge is 0.168 e. The van der Waals surface area contributed by atoms with Gasteiger partial charge in [-0.3, -0.25) is 0 Å². The second-order valence-corrected chi connectivity index (χ2v) is 4.29. The van der Waals surface area contributed by atoms with Crippen LogP contribution in [0.2, 0.25) is 0 Å². The first-order valence-corrected chi connectivity index (χ1v) is 5.37. The third-order valence-corrected chi connectivity index (χ3v) is 3.05. The van der Waals surface area contributed by atoms with Crippen LogP contribution in [0.5, 0.6) is 0 Å². The van der Waals surface area contributed by atoms with E-state index in [0.717, 1.165) is 10.9 Å². The van der Waals surface area contributed by atoms with Crippen LogP contribution in [0.4, 0.5) is 0 Å². The van der Waals surface area contributed by atoms with E-state index in [1.54, 1.807) is 11.8 Å². The first-order valence-electron chi connectivity index (χ1n) is 4.55. The van der Waals surface area contributed by atoms with E-state index in [4.69, 9.17) is 4.42 Å². The standard InChI is InChI=1S/C12H12OS/c1-9-8-10(2)13-12(9)14-11-6-4-3-5-7-11/h3-8H,1-2H3. The molecule has 0 saturated carbocycles. The third-order valence-electron chi connectivity index (χ3n) is 1.95. The Morgan fingerprint density at radius 2 is 1.79 bits per heavy atom. The van der Waals surface area contributed by atoms with Crippen molar-refractivity contribution >= 4 is 11.8 Å². The summed E-state index contributed by atoms with van der Waals surface area (Å²) in [4.78, 5) is 1.21. The monoisotopic (exact) mass is 204 g/mol. The minimum Gasteiger partial charge on any atom is -0.455 e. The molecule has 0 bridgehead atoms. The molecule has 0 aliphatic carbocycles. The van der Waals surface area contributed by atoms with Crippen LogP contribution in [0, 0.1) is 13.8 Å². The molecular formula is C12H12OS. The Hall–Kier alpha value is -1.15. The van der Waals surface area contributed by atoms with Gasteiger partial charge in [-0.05, 0) is 32.0 Å². The van der Waals surface area contributed by atoms with E-state index in [1.165, 1.54) is 10.5 Å². The van der Waals surface area contributed by atoms with Crippen molar-refractivity contribution in [3.05, 3.63) is 47.7 Å². The van der Waals surface area contributed by atoms with E-state index in [2.05, 4.69) is 25.1 Å². The van der Waals surface area contributed by atoms with Crippen LogP contribution in [0.25, 0.3) is 0 Å². The van der Waals surface area contributed by atoms with Gasteiger partial charge in [0.05, 0.1) is 0 Å². The molecule has 0 atom stereocenters. The van der Waals surface area contributed by atoms with Crippen molar-refractivity contribution in [2.24, 2.45) is 0 Å². The Morgan fingerprint density at radius 1 is 1.07 bits per heavy atom. The summed E-state index contributed by atoms with van der Waals surface area (Å²) in [5, 5.41) is 0.994. The van der Waals surface area contributed by atoms with Crippen molar-refractivity contribution in [3.8, 4) is 0 Å². The Bertz CT molecular complexity index is 417. The van der Waals surface area contributed by atoms with Crippen LogP contribution in [-0.2, 0) is 0 Å². The maximum Gasteiger partial charge on any atom is 0.168 e. The zero-order valence-corrected chi connectivity index (χ0v) is 9.10. The third kappa shape index (κ3) is 2.02. The highest BCUT2D eigenvalue weighted by Gasteiger charge is 2.05. The van der Waals surface area contributed by atoms with Crippen molar-refractivity contribution < 1.29 is 4.42 Å². The predicted octanol–water partition coefficient (Wildman–Crippen LogP) is 4.05. The Morgan fingerprint density at radius 3 is 2.36 bits per heavy atom. The molecule has 2 heteroatoms. The summed E-state index contributed by atoms with van der Waals surface area (Å²) >= 11 is 1.67. The highest BCUT2D eigenvalue weighted by molar-refractivity contribution is 7.99. The molecule has 72 valence electrons. The molecule has 0 amide bonds. The van der Waals surface area contributed by atoms with Gasteiger partial charge in [-0.25, -0.2) is 0 Å². The number of benzene rings is 1. The molecule has 2 aromatic rings. The van der Waals surface area contributed by atoms with Gasteiger partial charge in [0.25, 0.3) is 0 Å². The maximum absolute atomic E-state index is 5.58. The Balaban J connectivity index is 2.23. The average molecular weight is 204 g/mol. The summed E-state index contributed by atoms with van der Waals surface area (Å²) in [5.41, 5.74) is 1.20. The normalized spacial score (nSPS) is 10.4. The molecule has 0 unspecified atom stereocenters. The largest absolute Gasteiger partial charge is 0.455 e. The molecule has 0 N–H and O–H groups in total. The zero-order chi connectivity index (χ0) is 9.97. The van der Waals surface area contributed by atoms with Crippen molar-refractivity contribution in [2.45, 2.75) is 23.8 Å². The lowest BCUT2D eigenvalue weighted by Crippen LogP contribution is -1.71. The number of hydrogen-bond acceptors (Lipinski definition) is 2. The molecule has 2 rings (SSSR count). The predicted molar refractivity (Wildman–Crippen MR) is 58.7 cm³/mol. The van der Waals surface area contributed by atoms with Gasteiger partial charge in [-0.1, -0.05) is 30.0 Å². The van der Waals surface area contributed by atoms with Crippen LogP contribution < -0.4 is 0 Å². The lowest BCUT2D eigenvalue weighted by Gasteiger charge is -1.97. The van der Waals surface area contributed by atoms with Crippen molar-refractivity contribution in [1.82, 2.24) is 0 Å². The number of hydrogen-bond donors (Lipinski definition) is 0. The van der Waals surface area contributed by atoms with Crippen molar-refractivity contribution in [2.75, 3.05) is 0 Å². The van der Waals surface area contributed by atoms with Gasteiger partial charge >= 0.3 is 0 Å². The number of rotatable bonds is 2. The van der Waals surface area contributed by atoms with E-state index >= 15 is 0 Å². The SMILES string of the molecule is Cc1cc(C)c(Sc2ccccc2)o1. The van der Waals surface area contributed by atoms with Gasteiger partial charge < -0.3 is 4.42 Å². The fourth-order valence-corrected chi connectivity index (χ4v) is 2.22. The van der Waals surface area contributed by atoms with Crippen LogP contribution in [0.1, 0.15) is 11.3 Å². The fourth-order valence-electron chi connectivity index (χ4n) is 1.32. The quantitative estimate of drug-likeness (QED) is 0.732. The van der Waals surface area contributed by atoms with Gasteiger partial charge in [0, 0.05) is 10.5 Å². The minimum absolute atomic E-state index is 0.973. The number of furan rings is 1. The fraction of sp³-hybridized carbons (Fsp3) is 0.167. The summed E-state index contributed by atoms with van der Waals surface area (Å²) in [6.07, 6.45) is 0. The highest BCUT2D eigenvalue weighted by atomic mass is 32.2. The molecule has 0 radical (unpaired) electrons. The summed E-state index contributed by atoms with van der Waals surface area (Å²) in [6, 6.07) is 12.3. The molecule has 0 aliphatic rings. The summed E-state index contributed by atoms with van der Waals surface area (Å²) in [6.45, 7) is 4.05. The van der Waals surface area contributed by atoms with E-state index in [9.17, 15) is 0 Å². The molecule has 0 spiro atoms. The van der Waals surface area contributed by atoms with Gasteiger partial charge in [0.15, 0.2) is 5.09 Å². The van der Waals surface area contributed by atoms with Crippen LogP contribution >= 0.6 is 11.8 Å². The van der Waals surface area contributed by atoms with Gasteiger partial charge in [-0.15, -0.1) is 0 Å². The summed E-state index contributed by atoms with van der Waals surface area (Å²) < 4.78 is 5.58. The lowest BCUT2D eigenvalue weighted by atomic mass is 10.3. The molecular weight excluding hydrogens is 192 g/mol. The average Bonchev–Trinajstić information content (AvgIpc) is 2.47. The molecule has 0 aliphatic heterocycles. The highest BCUT2D eigenvalue weighted by Crippen LogP contribution is 2.31. The minimum atomic E-state index is 0.973. The van der Waals surface area contributed by atoms with E-state index in [-0.39, 0.29) is 0 Å². The molecule has 0 fully saturated rings. The second-order valence-electron chi connectivity index (χ2n) is 3.24. The van der Waals surface area contributed by atoms with E-state index in [0.29, 0.717) is 0 Å². The van der Waals surface area contributed by atoms with Crippen LogP contribution in [0.3, 0.4) is 0 Å². The second kappa shape index (κ2) is 3.93.